The van der Waals surface area contributed by atoms with Gasteiger partial charge in [-0.2, -0.15) is 17.7 Å². The van der Waals surface area contributed by atoms with Crippen molar-refractivity contribution in [2.75, 3.05) is 18.0 Å². The lowest BCUT2D eigenvalue weighted by atomic mass is 9.89. The summed E-state index contributed by atoms with van der Waals surface area (Å²) < 4.78 is 40.5. The van der Waals surface area contributed by atoms with Crippen LogP contribution in [-0.4, -0.2) is 38.7 Å². The summed E-state index contributed by atoms with van der Waals surface area (Å²) in [7, 11) is 0. The second-order valence-corrected chi connectivity index (χ2v) is 7.32. The van der Waals surface area contributed by atoms with Gasteiger partial charge in [0, 0.05) is 35.7 Å². The smallest absolute Gasteiger partial charge is 0.355 e. The molecule has 0 spiro atoms. The summed E-state index contributed by atoms with van der Waals surface area (Å²) in [6.07, 6.45) is -3.39. The van der Waals surface area contributed by atoms with Crippen LogP contribution in [0.25, 0.3) is 5.65 Å². The lowest BCUT2D eigenvalue weighted by molar-refractivity contribution is -0.146. The zero-order valence-electron chi connectivity index (χ0n) is 16.1. The molecule has 1 fully saturated rings. The predicted octanol–water partition coefficient (Wildman–Crippen LogP) is 3.86. The van der Waals surface area contributed by atoms with E-state index in [-0.39, 0.29) is 17.3 Å². The van der Waals surface area contributed by atoms with E-state index in [4.69, 9.17) is 0 Å². The van der Waals surface area contributed by atoms with E-state index in [2.05, 4.69) is 15.3 Å². The number of anilines is 1. The van der Waals surface area contributed by atoms with E-state index in [1.54, 1.807) is 6.92 Å². The maximum absolute atomic E-state index is 13.2. The van der Waals surface area contributed by atoms with Gasteiger partial charge in [0.05, 0.1) is 0 Å². The van der Waals surface area contributed by atoms with Gasteiger partial charge in [0.1, 0.15) is 0 Å². The molecule has 2 aromatic heterocycles. The van der Waals surface area contributed by atoms with Crippen LogP contribution in [0, 0.1) is 19.8 Å². The molecule has 0 bridgehead atoms. The zero-order valence-corrected chi connectivity index (χ0v) is 16.1. The highest BCUT2D eigenvalue weighted by Crippen LogP contribution is 2.32. The molecule has 1 saturated heterocycles. The van der Waals surface area contributed by atoms with Gasteiger partial charge in [0.25, 0.3) is 5.82 Å². The van der Waals surface area contributed by atoms with Gasteiger partial charge in [-0.25, -0.2) is 0 Å². The van der Waals surface area contributed by atoms with Gasteiger partial charge in [-0.05, 0) is 26.7 Å². The van der Waals surface area contributed by atoms with Crippen molar-refractivity contribution in [1.29, 1.82) is 0 Å². The summed E-state index contributed by atoms with van der Waals surface area (Å²) in [6, 6.07) is 9.16. The molecule has 0 radical (unpaired) electrons. The molecule has 9 heteroatoms. The Bertz CT molecular complexity index is 1050. The van der Waals surface area contributed by atoms with Crippen LogP contribution >= 0.6 is 0 Å². The third-order valence-corrected chi connectivity index (χ3v) is 5.55. The summed E-state index contributed by atoms with van der Waals surface area (Å²) in [5.74, 6) is -0.643. The topological polar surface area (TPSA) is 63.4 Å². The Morgan fingerprint density at radius 3 is 2.31 bits per heavy atom. The third kappa shape index (κ3) is 3.45. The molecule has 0 N–H and O–H groups in total. The zero-order chi connectivity index (χ0) is 20.8. The van der Waals surface area contributed by atoms with Crippen LogP contribution in [0.3, 0.4) is 0 Å². The Hall–Kier alpha value is -2.97. The maximum atomic E-state index is 13.2. The quantitative estimate of drug-likeness (QED) is 0.622. The van der Waals surface area contributed by atoms with Crippen molar-refractivity contribution in [3.63, 3.8) is 0 Å². The summed E-state index contributed by atoms with van der Waals surface area (Å²) in [5.41, 5.74) is 2.18. The Kier molecular flexibility index (Phi) is 4.76. The third-order valence-electron chi connectivity index (χ3n) is 5.55. The minimum absolute atomic E-state index is 0.0977. The lowest BCUT2D eigenvalue weighted by Gasteiger charge is -2.33. The number of Topliss-reactive ketones (excluding diaryl/α,β-unsaturated/α-hetero) is 1. The van der Waals surface area contributed by atoms with Gasteiger partial charge >= 0.3 is 6.18 Å². The molecule has 1 aliphatic heterocycles. The van der Waals surface area contributed by atoms with Crippen LogP contribution in [-0.2, 0) is 6.18 Å². The first-order valence-corrected chi connectivity index (χ1v) is 9.41. The van der Waals surface area contributed by atoms with Crippen molar-refractivity contribution >= 4 is 17.2 Å². The molecule has 4 rings (SSSR count). The number of fused-ring (bicyclic) bond motifs is 1. The molecule has 3 heterocycles. The molecule has 0 unspecified atom stereocenters. The number of hydrogen-bond donors (Lipinski definition) is 0. The Labute approximate surface area is 165 Å². The van der Waals surface area contributed by atoms with E-state index < -0.39 is 12.0 Å². The first-order valence-electron chi connectivity index (χ1n) is 9.41. The number of nitrogens with zero attached hydrogens (tertiary/aromatic N) is 5. The minimum Gasteiger partial charge on any atom is -0.355 e. The molecule has 3 aromatic rings. The highest BCUT2D eigenvalue weighted by molar-refractivity contribution is 5.97. The standard InChI is InChI=1S/C20H20F3N5O/c1-12-13(2)18(26-28-17(12)24-25-19(28)20(21,22)23)27-10-8-15(9-11-27)16(29)14-6-4-3-5-7-14/h3-7,15H,8-11H2,1-2H3. The molecule has 0 saturated carbocycles. The van der Waals surface area contributed by atoms with E-state index in [0.29, 0.717) is 42.9 Å². The number of carbonyl (C=O) groups is 1. The van der Waals surface area contributed by atoms with Gasteiger partial charge in [0.15, 0.2) is 17.2 Å². The highest BCUT2D eigenvalue weighted by Gasteiger charge is 2.38. The summed E-state index contributed by atoms with van der Waals surface area (Å²) >= 11 is 0. The first kappa shape index (κ1) is 19.4. The molecular formula is C20H20F3N5O. The SMILES string of the molecule is Cc1c(N2CCC(C(=O)c3ccccc3)CC2)nn2c(C(F)(F)F)nnc2c1C. The Balaban J connectivity index is 1.60. The lowest BCUT2D eigenvalue weighted by Crippen LogP contribution is -2.37. The first-order chi connectivity index (χ1) is 13.8. The average molecular weight is 403 g/mol. The number of alkyl halides is 3. The van der Waals surface area contributed by atoms with Crippen LogP contribution in [0.1, 0.15) is 40.2 Å². The second kappa shape index (κ2) is 7.13. The molecule has 1 aliphatic rings. The highest BCUT2D eigenvalue weighted by atomic mass is 19.4. The number of ketones is 1. The van der Waals surface area contributed by atoms with Crippen molar-refractivity contribution < 1.29 is 18.0 Å². The van der Waals surface area contributed by atoms with Gasteiger partial charge in [-0.3, -0.25) is 4.79 Å². The number of benzene rings is 1. The Morgan fingerprint density at radius 2 is 1.69 bits per heavy atom. The van der Waals surface area contributed by atoms with Crippen LogP contribution in [0.15, 0.2) is 30.3 Å². The number of carbonyl (C=O) groups excluding carboxylic acids is 1. The van der Waals surface area contributed by atoms with Crippen molar-refractivity contribution in [3.8, 4) is 0 Å². The molecule has 1 aromatic carbocycles. The molecular weight excluding hydrogens is 383 g/mol. The second-order valence-electron chi connectivity index (χ2n) is 7.32. The van der Waals surface area contributed by atoms with Crippen LogP contribution in [0.2, 0.25) is 0 Å². The van der Waals surface area contributed by atoms with Crippen LogP contribution < -0.4 is 4.90 Å². The van der Waals surface area contributed by atoms with Gasteiger partial charge in [-0.1, -0.05) is 30.3 Å². The maximum Gasteiger partial charge on any atom is 0.453 e. The van der Waals surface area contributed by atoms with Crippen molar-refractivity contribution in [2.24, 2.45) is 5.92 Å². The van der Waals surface area contributed by atoms with Gasteiger partial charge in [-0.15, -0.1) is 15.3 Å². The largest absolute Gasteiger partial charge is 0.453 e. The van der Waals surface area contributed by atoms with Crippen LogP contribution in [0.4, 0.5) is 19.0 Å². The molecule has 0 amide bonds. The molecule has 152 valence electrons. The summed E-state index contributed by atoms with van der Waals surface area (Å²) in [6.45, 7) is 4.63. The monoisotopic (exact) mass is 403 g/mol. The van der Waals surface area contributed by atoms with Crippen molar-refractivity contribution in [3.05, 3.63) is 52.8 Å². The number of halogens is 3. The summed E-state index contributed by atoms with van der Waals surface area (Å²) in [4.78, 5) is 14.6. The fraction of sp³-hybridized carbons (Fsp3) is 0.400. The minimum atomic E-state index is -4.64. The van der Waals surface area contributed by atoms with E-state index in [9.17, 15) is 18.0 Å². The van der Waals surface area contributed by atoms with E-state index >= 15 is 0 Å². The molecule has 0 atom stereocenters. The fourth-order valence-electron chi connectivity index (χ4n) is 3.78. The van der Waals surface area contributed by atoms with E-state index in [1.807, 2.05) is 42.2 Å². The molecule has 0 aliphatic carbocycles. The molecule has 6 nitrogen and oxygen atoms in total. The number of aromatic nitrogens is 4. The number of piperidine rings is 1. The Morgan fingerprint density at radius 1 is 1.03 bits per heavy atom. The average Bonchev–Trinajstić information content (AvgIpc) is 3.16. The van der Waals surface area contributed by atoms with Crippen molar-refractivity contribution in [1.82, 2.24) is 19.8 Å². The van der Waals surface area contributed by atoms with Crippen molar-refractivity contribution in [2.45, 2.75) is 32.9 Å². The van der Waals surface area contributed by atoms with Crippen LogP contribution in [0.5, 0.6) is 0 Å². The fourth-order valence-corrected chi connectivity index (χ4v) is 3.78. The normalized spacial score (nSPS) is 15.8. The predicted molar refractivity (Wildman–Crippen MR) is 101 cm³/mol. The van der Waals surface area contributed by atoms with Gasteiger partial charge < -0.3 is 4.90 Å². The van der Waals surface area contributed by atoms with E-state index in [0.717, 1.165) is 10.1 Å². The van der Waals surface area contributed by atoms with Gasteiger partial charge in [0.2, 0.25) is 0 Å². The van der Waals surface area contributed by atoms with E-state index in [1.165, 1.54) is 0 Å². The number of aryl methyl sites for hydroxylation is 1. The number of rotatable bonds is 3. The summed E-state index contributed by atoms with van der Waals surface area (Å²) in [5, 5.41) is 11.2. The number of hydrogen-bond acceptors (Lipinski definition) is 5. The molecule has 29 heavy (non-hydrogen) atoms.